The van der Waals surface area contributed by atoms with E-state index in [1.807, 2.05) is 48.7 Å². The quantitative estimate of drug-likeness (QED) is 0.277. The molecule has 0 radical (unpaired) electrons. The van der Waals surface area contributed by atoms with Crippen molar-refractivity contribution in [2.75, 3.05) is 18.0 Å². The molecule has 5 aromatic rings. The summed E-state index contributed by atoms with van der Waals surface area (Å²) in [5.74, 6) is -0.445. The van der Waals surface area contributed by atoms with Crippen LogP contribution in [0.3, 0.4) is 0 Å². The molecule has 1 saturated heterocycles. The lowest BCUT2D eigenvalue weighted by Gasteiger charge is -2.36. The van der Waals surface area contributed by atoms with Crippen LogP contribution in [0.4, 0.5) is 14.7 Å². The van der Waals surface area contributed by atoms with E-state index in [9.17, 15) is 4.39 Å². The lowest BCUT2D eigenvalue weighted by Crippen LogP contribution is -2.43. The first-order chi connectivity index (χ1) is 19.3. The molecule has 2 unspecified atom stereocenters. The van der Waals surface area contributed by atoms with Crippen LogP contribution in [-0.2, 0) is 4.74 Å². The maximum absolute atomic E-state index is 15.2. The van der Waals surface area contributed by atoms with Gasteiger partial charge in [0.05, 0.1) is 42.0 Å². The molecule has 4 aromatic heterocycles. The predicted octanol–water partition coefficient (Wildman–Crippen LogP) is 5.74. The first kappa shape index (κ1) is 24.8. The molecule has 1 aliphatic heterocycles. The van der Waals surface area contributed by atoms with Gasteiger partial charge in [0, 0.05) is 47.0 Å². The summed E-state index contributed by atoms with van der Waals surface area (Å²) < 4.78 is 42.8. The molecule has 2 aliphatic rings. The van der Waals surface area contributed by atoms with Gasteiger partial charge in [-0.05, 0) is 51.8 Å². The molecule has 0 amide bonds. The predicted molar refractivity (Wildman–Crippen MR) is 144 cm³/mol. The minimum atomic E-state index is -0.718. The van der Waals surface area contributed by atoms with E-state index in [2.05, 4.69) is 16.5 Å². The second kappa shape index (κ2) is 9.44. The summed E-state index contributed by atoms with van der Waals surface area (Å²) >= 11 is 0. The summed E-state index contributed by atoms with van der Waals surface area (Å²) in [7, 11) is 0. The molecule has 0 spiro atoms. The number of benzene rings is 1. The maximum atomic E-state index is 15.2. The highest BCUT2D eigenvalue weighted by Gasteiger charge is 2.32. The second-order valence-corrected chi connectivity index (χ2v) is 10.6. The first-order valence-corrected chi connectivity index (χ1v) is 13.4. The van der Waals surface area contributed by atoms with Gasteiger partial charge in [0.1, 0.15) is 17.7 Å². The molecule has 11 heteroatoms. The van der Waals surface area contributed by atoms with Crippen LogP contribution in [0, 0.1) is 25.5 Å². The fourth-order valence-corrected chi connectivity index (χ4v) is 5.26. The molecule has 9 nitrogen and oxygen atoms in total. The number of aryl methyl sites for hydroxylation is 2. The van der Waals surface area contributed by atoms with Crippen LogP contribution in [0.1, 0.15) is 48.9 Å². The zero-order valence-corrected chi connectivity index (χ0v) is 22.3. The summed E-state index contributed by atoms with van der Waals surface area (Å²) in [6.07, 6.45) is 5.86. The van der Waals surface area contributed by atoms with Crippen molar-refractivity contribution in [2.24, 2.45) is 0 Å². The van der Waals surface area contributed by atoms with Crippen molar-refractivity contribution in [1.29, 1.82) is 0 Å². The summed E-state index contributed by atoms with van der Waals surface area (Å²) in [5, 5.41) is 9.03. The van der Waals surface area contributed by atoms with Crippen LogP contribution in [0.2, 0.25) is 0 Å². The molecule has 5 heterocycles. The molecule has 2 atom stereocenters. The van der Waals surface area contributed by atoms with Crippen LogP contribution in [0.5, 0.6) is 0 Å². The number of hydrogen-bond acceptors (Lipinski definition) is 8. The number of pyridine rings is 1. The number of halogens is 2. The van der Waals surface area contributed by atoms with E-state index in [-0.39, 0.29) is 17.8 Å². The number of fused-ring (bicyclic) bond motifs is 1. The highest BCUT2D eigenvalue weighted by Crippen LogP contribution is 2.37. The summed E-state index contributed by atoms with van der Waals surface area (Å²) in [5.41, 5.74) is 3.97. The Morgan fingerprint density at radius 3 is 2.58 bits per heavy atom. The minimum Gasteiger partial charge on any atom is -0.367 e. The van der Waals surface area contributed by atoms with Gasteiger partial charge in [0.2, 0.25) is 5.95 Å². The Kier molecular flexibility index (Phi) is 5.85. The normalized spacial score (nSPS) is 19.5. The van der Waals surface area contributed by atoms with Gasteiger partial charge in [-0.25, -0.2) is 18.7 Å². The first-order valence-electron chi connectivity index (χ1n) is 13.4. The summed E-state index contributed by atoms with van der Waals surface area (Å²) in [4.78, 5) is 16.5. The molecule has 0 N–H and O–H groups in total. The standard InChI is InChI=1S/C29H27F2N7O2/c1-15-8-25(40-36-15)22-10-23-27(21-7-4-19(30)9-24(21)31)34-29(35-28(23)33-17(22)3)37-12-16(2)39-26(14-37)18-11-32-38(13-18)20-5-6-20/h4,7-11,13,16,20,26H,5-6,12,14H2,1-3H3. The van der Waals surface area contributed by atoms with E-state index >= 15 is 4.39 Å². The Bertz CT molecular complexity index is 1750. The number of hydrogen-bond donors (Lipinski definition) is 0. The van der Waals surface area contributed by atoms with Crippen molar-refractivity contribution in [3.63, 3.8) is 0 Å². The van der Waals surface area contributed by atoms with Gasteiger partial charge in [0.15, 0.2) is 11.4 Å². The molecular weight excluding hydrogens is 516 g/mol. The van der Waals surface area contributed by atoms with Gasteiger partial charge in [-0.15, -0.1) is 0 Å². The highest BCUT2D eigenvalue weighted by atomic mass is 19.1. The average molecular weight is 544 g/mol. The third-order valence-electron chi connectivity index (χ3n) is 7.40. The van der Waals surface area contributed by atoms with Gasteiger partial charge in [0.25, 0.3) is 0 Å². The molecule has 40 heavy (non-hydrogen) atoms. The third-order valence-corrected chi connectivity index (χ3v) is 7.40. The molecule has 0 bridgehead atoms. The number of aromatic nitrogens is 6. The number of ether oxygens (including phenoxy) is 1. The van der Waals surface area contributed by atoms with Gasteiger partial charge in [-0.3, -0.25) is 4.68 Å². The van der Waals surface area contributed by atoms with Gasteiger partial charge < -0.3 is 14.2 Å². The van der Waals surface area contributed by atoms with Crippen molar-refractivity contribution in [3.05, 3.63) is 71.3 Å². The van der Waals surface area contributed by atoms with Gasteiger partial charge in [-0.1, -0.05) is 5.16 Å². The van der Waals surface area contributed by atoms with E-state index < -0.39 is 11.6 Å². The van der Waals surface area contributed by atoms with E-state index in [1.165, 1.54) is 12.1 Å². The average Bonchev–Trinajstić information content (AvgIpc) is 3.49. The third kappa shape index (κ3) is 4.49. The Morgan fingerprint density at radius 1 is 0.975 bits per heavy atom. The van der Waals surface area contributed by atoms with Crippen LogP contribution in [0.25, 0.3) is 33.6 Å². The fourth-order valence-electron chi connectivity index (χ4n) is 5.26. The molecule has 7 rings (SSSR count). The van der Waals surface area contributed by atoms with Crippen LogP contribution >= 0.6 is 0 Å². The number of rotatable bonds is 5. The van der Waals surface area contributed by atoms with Crippen molar-refractivity contribution in [3.8, 4) is 22.6 Å². The molecule has 1 saturated carbocycles. The van der Waals surface area contributed by atoms with Crippen LogP contribution in [0.15, 0.2) is 47.2 Å². The highest BCUT2D eigenvalue weighted by molar-refractivity contribution is 5.94. The fraction of sp³-hybridized carbons (Fsp3) is 0.345. The molecule has 2 fully saturated rings. The minimum absolute atomic E-state index is 0.111. The maximum Gasteiger partial charge on any atom is 0.228 e. The van der Waals surface area contributed by atoms with Crippen molar-refractivity contribution >= 4 is 17.0 Å². The van der Waals surface area contributed by atoms with E-state index in [1.54, 1.807) is 0 Å². The SMILES string of the molecule is Cc1cc(-c2cc3c(-c4ccc(F)cc4F)nc(N4CC(C)OC(c5cnn(C6CC6)c5)C4)nc3nc2C)on1. The van der Waals surface area contributed by atoms with Crippen molar-refractivity contribution in [1.82, 2.24) is 29.9 Å². The number of nitrogens with zero attached hydrogens (tertiary/aromatic N) is 7. The Hall–Kier alpha value is -4.25. The molecular formula is C29H27F2N7O2. The van der Waals surface area contributed by atoms with Crippen LogP contribution in [-0.4, -0.2) is 49.1 Å². The Balaban J connectivity index is 1.34. The lowest BCUT2D eigenvalue weighted by atomic mass is 10.0. The summed E-state index contributed by atoms with van der Waals surface area (Å²) in [6, 6.07) is 7.59. The summed E-state index contributed by atoms with van der Waals surface area (Å²) in [6.45, 7) is 6.72. The monoisotopic (exact) mass is 543 g/mol. The number of anilines is 1. The topological polar surface area (TPSA) is 95.0 Å². The largest absolute Gasteiger partial charge is 0.367 e. The smallest absolute Gasteiger partial charge is 0.228 e. The van der Waals surface area contributed by atoms with Crippen molar-refractivity contribution < 1.29 is 18.0 Å². The zero-order chi connectivity index (χ0) is 27.5. The van der Waals surface area contributed by atoms with E-state index in [0.29, 0.717) is 58.8 Å². The van der Waals surface area contributed by atoms with E-state index in [0.717, 1.165) is 30.2 Å². The molecule has 1 aliphatic carbocycles. The Morgan fingerprint density at radius 2 is 1.82 bits per heavy atom. The zero-order valence-electron chi connectivity index (χ0n) is 22.3. The lowest BCUT2D eigenvalue weighted by molar-refractivity contribution is -0.0178. The van der Waals surface area contributed by atoms with Crippen molar-refractivity contribution in [2.45, 2.75) is 51.9 Å². The second-order valence-electron chi connectivity index (χ2n) is 10.6. The Labute approximate surface area is 228 Å². The van der Waals surface area contributed by atoms with Crippen LogP contribution < -0.4 is 4.90 Å². The molecule has 204 valence electrons. The number of morpholine rings is 1. The van der Waals surface area contributed by atoms with E-state index in [4.69, 9.17) is 24.2 Å². The van der Waals surface area contributed by atoms with Gasteiger partial charge in [-0.2, -0.15) is 10.1 Å². The molecule has 1 aromatic carbocycles. The van der Waals surface area contributed by atoms with Gasteiger partial charge >= 0.3 is 0 Å².